The maximum atomic E-state index is 11.9. The van der Waals surface area contributed by atoms with Gasteiger partial charge in [0.05, 0.1) is 5.69 Å². The molecule has 1 aromatic heterocycles. The Balaban J connectivity index is 1.76. The standard InChI is InChI=1S/C18H24N2O2/c1-18(2,3)22-17(21)20-14-13-16(19-20)12-8-7-11-15-9-5-4-6-10-15/h4-6,9-10,13-14H,7-8,11-12H2,1-3H3. The van der Waals surface area contributed by atoms with Crippen LogP contribution < -0.4 is 0 Å². The summed E-state index contributed by atoms with van der Waals surface area (Å²) in [5.41, 5.74) is 1.79. The van der Waals surface area contributed by atoms with Gasteiger partial charge < -0.3 is 4.74 Å². The fourth-order valence-corrected chi connectivity index (χ4v) is 2.19. The van der Waals surface area contributed by atoms with E-state index in [1.165, 1.54) is 10.2 Å². The number of aryl methyl sites for hydroxylation is 2. The van der Waals surface area contributed by atoms with Gasteiger partial charge in [-0.25, -0.2) is 4.79 Å². The molecule has 4 heteroatoms. The normalized spacial score (nSPS) is 11.4. The molecular weight excluding hydrogens is 276 g/mol. The van der Waals surface area contributed by atoms with Crippen LogP contribution in [-0.2, 0) is 17.6 Å². The van der Waals surface area contributed by atoms with E-state index >= 15 is 0 Å². The molecule has 0 spiro atoms. The number of unbranched alkanes of at least 4 members (excludes halogenated alkanes) is 1. The van der Waals surface area contributed by atoms with Gasteiger partial charge in [0.25, 0.3) is 0 Å². The Morgan fingerprint density at radius 2 is 1.77 bits per heavy atom. The van der Waals surface area contributed by atoms with Gasteiger partial charge in [-0.15, -0.1) is 0 Å². The summed E-state index contributed by atoms with van der Waals surface area (Å²) in [6.07, 6.45) is 5.36. The minimum absolute atomic E-state index is 0.428. The largest absolute Gasteiger partial charge is 0.442 e. The first-order chi connectivity index (χ1) is 10.4. The molecule has 0 atom stereocenters. The number of benzene rings is 1. The third-order valence-electron chi connectivity index (χ3n) is 3.22. The highest BCUT2D eigenvalue weighted by Crippen LogP contribution is 2.10. The molecule has 1 aromatic carbocycles. The third kappa shape index (κ3) is 5.35. The zero-order valence-corrected chi connectivity index (χ0v) is 13.6. The van der Waals surface area contributed by atoms with Crippen molar-refractivity contribution in [2.24, 2.45) is 0 Å². The monoisotopic (exact) mass is 300 g/mol. The van der Waals surface area contributed by atoms with Gasteiger partial charge in [0, 0.05) is 6.20 Å². The average molecular weight is 300 g/mol. The predicted molar refractivity (Wildman–Crippen MR) is 86.9 cm³/mol. The van der Waals surface area contributed by atoms with Crippen molar-refractivity contribution in [3.05, 3.63) is 53.9 Å². The Kier molecular flexibility index (Phi) is 5.36. The Labute approximate surface area is 132 Å². The summed E-state index contributed by atoms with van der Waals surface area (Å²) in [6.45, 7) is 5.54. The van der Waals surface area contributed by atoms with Crippen molar-refractivity contribution in [1.29, 1.82) is 0 Å². The summed E-state index contributed by atoms with van der Waals surface area (Å²) in [5.74, 6) is 0. The molecule has 0 saturated heterocycles. The lowest BCUT2D eigenvalue weighted by Crippen LogP contribution is -2.27. The number of carbonyl (C=O) groups excluding carboxylic acids is 1. The van der Waals surface area contributed by atoms with Gasteiger partial charge in [-0.1, -0.05) is 30.3 Å². The van der Waals surface area contributed by atoms with Crippen LogP contribution in [0, 0.1) is 0 Å². The highest BCUT2D eigenvalue weighted by atomic mass is 16.6. The molecular formula is C18H24N2O2. The van der Waals surface area contributed by atoms with Gasteiger partial charge in [-0.2, -0.15) is 9.78 Å². The van der Waals surface area contributed by atoms with Crippen molar-refractivity contribution in [3.8, 4) is 0 Å². The van der Waals surface area contributed by atoms with Crippen LogP contribution in [-0.4, -0.2) is 21.5 Å². The Hall–Kier alpha value is -2.10. The van der Waals surface area contributed by atoms with Gasteiger partial charge in [-0.05, 0) is 58.1 Å². The van der Waals surface area contributed by atoms with Crippen molar-refractivity contribution in [3.63, 3.8) is 0 Å². The summed E-state index contributed by atoms with van der Waals surface area (Å²) < 4.78 is 6.56. The first-order valence-electron chi connectivity index (χ1n) is 7.76. The van der Waals surface area contributed by atoms with Crippen LogP contribution in [0.15, 0.2) is 42.6 Å². The van der Waals surface area contributed by atoms with Crippen LogP contribution in [0.4, 0.5) is 4.79 Å². The van der Waals surface area contributed by atoms with Crippen molar-refractivity contribution in [2.45, 2.75) is 52.1 Å². The predicted octanol–water partition coefficient (Wildman–Crippen LogP) is 4.23. The fourth-order valence-electron chi connectivity index (χ4n) is 2.19. The lowest BCUT2D eigenvalue weighted by molar-refractivity contribution is 0.0514. The number of nitrogens with zero attached hydrogens (tertiary/aromatic N) is 2. The summed E-state index contributed by atoms with van der Waals surface area (Å²) in [4.78, 5) is 11.9. The molecule has 118 valence electrons. The molecule has 1 heterocycles. The number of hydrogen-bond donors (Lipinski definition) is 0. The molecule has 0 saturated carbocycles. The first kappa shape index (κ1) is 16.3. The van der Waals surface area contributed by atoms with Crippen LogP contribution in [0.1, 0.15) is 44.9 Å². The van der Waals surface area contributed by atoms with Gasteiger partial charge in [-0.3, -0.25) is 0 Å². The summed E-state index contributed by atoms with van der Waals surface area (Å²) in [6, 6.07) is 12.4. The van der Waals surface area contributed by atoms with Crippen molar-refractivity contribution in [2.75, 3.05) is 0 Å². The number of ether oxygens (including phenoxy) is 1. The highest BCUT2D eigenvalue weighted by Gasteiger charge is 2.18. The zero-order valence-electron chi connectivity index (χ0n) is 13.6. The molecule has 0 bridgehead atoms. The Morgan fingerprint density at radius 1 is 1.09 bits per heavy atom. The van der Waals surface area contributed by atoms with E-state index in [-0.39, 0.29) is 0 Å². The molecule has 2 rings (SSSR count). The molecule has 0 aliphatic heterocycles. The lowest BCUT2D eigenvalue weighted by Gasteiger charge is -2.18. The van der Waals surface area contributed by atoms with E-state index in [0.29, 0.717) is 0 Å². The van der Waals surface area contributed by atoms with Crippen molar-refractivity contribution in [1.82, 2.24) is 9.78 Å². The molecule has 0 aliphatic carbocycles. The van der Waals surface area contributed by atoms with Crippen LogP contribution in [0.5, 0.6) is 0 Å². The van der Waals surface area contributed by atoms with Crippen LogP contribution in [0.2, 0.25) is 0 Å². The number of rotatable bonds is 5. The molecule has 0 amide bonds. The van der Waals surface area contributed by atoms with E-state index in [9.17, 15) is 4.79 Å². The van der Waals surface area contributed by atoms with Gasteiger partial charge in [0.2, 0.25) is 0 Å². The van der Waals surface area contributed by atoms with Crippen molar-refractivity contribution < 1.29 is 9.53 Å². The van der Waals surface area contributed by atoms with E-state index in [4.69, 9.17) is 4.74 Å². The minimum Gasteiger partial charge on any atom is -0.442 e. The van der Waals surface area contributed by atoms with E-state index in [1.54, 1.807) is 6.20 Å². The maximum Gasteiger partial charge on any atom is 0.435 e. The van der Waals surface area contributed by atoms with Gasteiger partial charge in [0.1, 0.15) is 5.60 Å². The average Bonchev–Trinajstić information content (AvgIpc) is 2.92. The Bertz CT molecular complexity index is 597. The van der Waals surface area contributed by atoms with E-state index in [2.05, 4.69) is 29.4 Å². The van der Waals surface area contributed by atoms with E-state index < -0.39 is 11.7 Å². The Morgan fingerprint density at radius 3 is 2.45 bits per heavy atom. The van der Waals surface area contributed by atoms with E-state index in [0.717, 1.165) is 31.4 Å². The quantitative estimate of drug-likeness (QED) is 0.776. The topological polar surface area (TPSA) is 44.1 Å². The van der Waals surface area contributed by atoms with Crippen molar-refractivity contribution >= 4 is 6.09 Å². The van der Waals surface area contributed by atoms with Crippen LogP contribution in [0.3, 0.4) is 0 Å². The minimum atomic E-state index is -0.501. The molecule has 0 N–H and O–H groups in total. The number of hydrogen-bond acceptors (Lipinski definition) is 3. The fraction of sp³-hybridized carbons (Fsp3) is 0.444. The smallest absolute Gasteiger partial charge is 0.435 e. The summed E-state index contributed by atoms with van der Waals surface area (Å²) >= 11 is 0. The van der Waals surface area contributed by atoms with Crippen LogP contribution >= 0.6 is 0 Å². The maximum absolute atomic E-state index is 11.9. The number of aromatic nitrogens is 2. The molecule has 4 nitrogen and oxygen atoms in total. The first-order valence-corrected chi connectivity index (χ1v) is 7.76. The molecule has 22 heavy (non-hydrogen) atoms. The molecule has 0 radical (unpaired) electrons. The summed E-state index contributed by atoms with van der Waals surface area (Å²) in [5, 5.41) is 4.28. The van der Waals surface area contributed by atoms with Gasteiger partial charge >= 0.3 is 6.09 Å². The zero-order chi connectivity index (χ0) is 16.0. The lowest BCUT2D eigenvalue weighted by atomic mass is 10.1. The molecule has 0 fully saturated rings. The second-order valence-corrected chi connectivity index (χ2v) is 6.42. The molecule has 0 unspecified atom stereocenters. The molecule has 0 aliphatic rings. The second-order valence-electron chi connectivity index (χ2n) is 6.42. The summed E-state index contributed by atoms with van der Waals surface area (Å²) in [7, 11) is 0. The van der Waals surface area contributed by atoms with Crippen LogP contribution in [0.25, 0.3) is 0 Å². The highest BCUT2D eigenvalue weighted by molar-refractivity contribution is 5.69. The SMILES string of the molecule is CC(C)(C)OC(=O)n1ccc(CCCCc2ccccc2)n1. The number of carbonyl (C=O) groups is 1. The van der Waals surface area contributed by atoms with Gasteiger partial charge in [0.15, 0.2) is 0 Å². The molecule has 2 aromatic rings. The van der Waals surface area contributed by atoms with E-state index in [1.807, 2.05) is 32.9 Å². The third-order valence-corrected chi connectivity index (χ3v) is 3.22. The second kappa shape index (κ2) is 7.25.